The molecule has 0 spiro atoms. The van der Waals surface area contributed by atoms with E-state index in [4.69, 9.17) is 25.8 Å². The molecule has 2 aromatic carbocycles. The molecule has 0 amide bonds. The van der Waals surface area contributed by atoms with Crippen molar-refractivity contribution in [3.8, 4) is 5.75 Å². The van der Waals surface area contributed by atoms with E-state index in [-0.39, 0.29) is 0 Å². The van der Waals surface area contributed by atoms with Gasteiger partial charge < -0.3 is 34.6 Å². The highest BCUT2D eigenvalue weighted by Gasteiger charge is 2.73. The molecule has 0 unspecified atom stereocenters. The van der Waals surface area contributed by atoms with Crippen LogP contribution in [0.1, 0.15) is 22.3 Å². The fourth-order valence-electron chi connectivity index (χ4n) is 4.36. The van der Waals surface area contributed by atoms with Gasteiger partial charge in [-0.2, -0.15) is 0 Å². The third-order valence-corrected chi connectivity index (χ3v) is 6.32. The minimum Gasteiger partial charge on any atom is -0.493 e. The van der Waals surface area contributed by atoms with Gasteiger partial charge in [-0.25, -0.2) is 0 Å². The molecule has 3 atom stereocenters. The van der Waals surface area contributed by atoms with Gasteiger partial charge in [-0.15, -0.1) is 0 Å². The molecular formula is C21H21ClO7. The molecule has 6 rings (SSSR count). The highest BCUT2D eigenvalue weighted by molar-refractivity contribution is 6.31. The molecule has 0 aromatic heterocycles. The number of aliphatic hydroxyl groups excluding tert-OH is 4. The van der Waals surface area contributed by atoms with Gasteiger partial charge in [0.1, 0.15) is 30.7 Å². The predicted octanol–water partition coefficient (Wildman–Crippen LogP) is 0.850. The third-order valence-electron chi connectivity index (χ3n) is 5.95. The Kier molecular flexibility index (Phi) is 4.42. The Labute approximate surface area is 172 Å². The van der Waals surface area contributed by atoms with Gasteiger partial charge in [0.05, 0.1) is 6.61 Å². The lowest BCUT2D eigenvalue weighted by Gasteiger charge is -2.63. The molecule has 2 aromatic rings. The summed E-state index contributed by atoms with van der Waals surface area (Å²) < 4.78 is 16.9. The molecule has 0 saturated carbocycles. The molecule has 4 aliphatic rings. The summed E-state index contributed by atoms with van der Waals surface area (Å²) in [5, 5.41) is 40.9. The van der Waals surface area contributed by atoms with Crippen LogP contribution < -0.4 is 4.74 Å². The first-order chi connectivity index (χ1) is 13.9. The van der Waals surface area contributed by atoms with Gasteiger partial charge in [0.25, 0.3) is 0 Å². The zero-order valence-electron chi connectivity index (χ0n) is 15.4. The van der Waals surface area contributed by atoms with Gasteiger partial charge in [-0.3, -0.25) is 0 Å². The summed E-state index contributed by atoms with van der Waals surface area (Å²) in [6.07, 6.45) is -3.21. The number of hydrogen-bond donors (Lipinski definition) is 4. The van der Waals surface area contributed by atoms with Crippen LogP contribution in [-0.2, 0) is 28.1 Å². The number of ether oxygens (including phenoxy) is 3. The van der Waals surface area contributed by atoms with Gasteiger partial charge in [-0.1, -0.05) is 29.8 Å². The first-order valence-electron chi connectivity index (χ1n) is 9.47. The maximum absolute atomic E-state index is 10.5. The molecule has 154 valence electrons. The minimum absolute atomic E-state index is 0.448. The van der Waals surface area contributed by atoms with Gasteiger partial charge in [0.2, 0.25) is 11.6 Å². The lowest BCUT2D eigenvalue weighted by atomic mass is 9.81. The van der Waals surface area contributed by atoms with E-state index in [1.54, 1.807) is 18.2 Å². The van der Waals surface area contributed by atoms with Gasteiger partial charge in [-0.05, 0) is 41.3 Å². The Hall–Kier alpha value is -1.71. The highest BCUT2D eigenvalue weighted by Crippen LogP contribution is 2.55. The average molecular weight is 421 g/mol. The molecule has 29 heavy (non-hydrogen) atoms. The Balaban J connectivity index is 1.47. The second-order valence-corrected chi connectivity index (χ2v) is 8.15. The van der Waals surface area contributed by atoms with Crippen LogP contribution >= 0.6 is 11.6 Å². The van der Waals surface area contributed by atoms with Crippen LogP contribution in [0.5, 0.6) is 5.75 Å². The summed E-state index contributed by atoms with van der Waals surface area (Å²) in [6, 6.07) is 11.1. The lowest BCUT2D eigenvalue weighted by molar-refractivity contribution is -0.591. The monoisotopic (exact) mass is 420 g/mol. The Morgan fingerprint density at radius 3 is 2.59 bits per heavy atom. The molecule has 3 fully saturated rings. The smallest absolute Gasteiger partial charge is 0.230 e. The molecule has 2 bridgehead atoms. The normalized spacial score (nSPS) is 35.0. The van der Waals surface area contributed by atoms with Crippen molar-refractivity contribution in [2.24, 2.45) is 0 Å². The number of halogens is 1. The molecule has 3 saturated heterocycles. The van der Waals surface area contributed by atoms with Crippen molar-refractivity contribution in [1.82, 2.24) is 0 Å². The first-order valence-corrected chi connectivity index (χ1v) is 9.85. The van der Waals surface area contributed by atoms with E-state index in [9.17, 15) is 20.4 Å². The van der Waals surface area contributed by atoms with E-state index >= 15 is 0 Å². The van der Waals surface area contributed by atoms with E-state index in [0.717, 1.165) is 28.9 Å². The molecule has 0 aliphatic carbocycles. The average Bonchev–Trinajstić information content (AvgIpc) is 3.15. The maximum Gasteiger partial charge on any atom is 0.230 e. The van der Waals surface area contributed by atoms with Crippen molar-refractivity contribution >= 4 is 11.6 Å². The summed E-state index contributed by atoms with van der Waals surface area (Å²) in [7, 11) is 0. The standard InChI is InChI=1S/C21H21ClO7/c22-15-3-2-14(21-19(26)17(24)18(25)20(10-23,28-21)29-21)9-13(15)8-11-1-4-16-12(7-11)5-6-27-16/h1-4,7,9,17-19,23-26H,5-6,8,10H2/t17-,18-,19+,20?,21?/m0/s1. The van der Waals surface area contributed by atoms with Crippen LogP contribution in [0.15, 0.2) is 36.4 Å². The van der Waals surface area contributed by atoms with Gasteiger partial charge >= 0.3 is 0 Å². The summed E-state index contributed by atoms with van der Waals surface area (Å²) in [6.45, 7) is 0.0300. The Morgan fingerprint density at radius 2 is 1.83 bits per heavy atom. The number of rotatable bonds is 4. The van der Waals surface area contributed by atoms with E-state index < -0.39 is 36.5 Å². The van der Waals surface area contributed by atoms with Crippen molar-refractivity contribution in [1.29, 1.82) is 0 Å². The van der Waals surface area contributed by atoms with E-state index in [1.165, 1.54) is 0 Å². The molecule has 4 aliphatic heterocycles. The first kappa shape index (κ1) is 19.3. The summed E-state index contributed by atoms with van der Waals surface area (Å²) in [5.74, 6) is -2.52. The van der Waals surface area contributed by atoms with Crippen LogP contribution in [0.25, 0.3) is 0 Å². The maximum atomic E-state index is 10.5. The fourth-order valence-corrected chi connectivity index (χ4v) is 4.55. The van der Waals surface area contributed by atoms with E-state index in [1.807, 2.05) is 12.1 Å². The molecule has 8 heteroatoms. The third kappa shape index (κ3) is 2.74. The van der Waals surface area contributed by atoms with Crippen molar-refractivity contribution in [3.05, 3.63) is 63.7 Å². The van der Waals surface area contributed by atoms with Gasteiger partial charge in [0.15, 0.2) is 0 Å². The molecular weight excluding hydrogens is 400 g/mol. The zero-order valence-corrected chi connectivity index (χ0v) is 16.2. The van der Waals surface area contributed by atoms with Crippen molar-refractivity contribution in [2.45, 2.75) is 42.7 Å². The summed E-state index contributed by atoms with van der Waals surface area (Å²) in [4.78, 5) is 0. The lowest BCUT2D eigenvalue weighted by Crippen LogP contribution is -2.81. The molecule has 0 radical (unpaired) electrons. The summed E-state index contributed by atoms with van der Waals surface area (Å²) >= 11 is 6.41. The minimum atomic E-state index is -1.75. The second-order valence-electron chi connectivity index (χ2n) is 7.75. The molecule has 4 heterocycles. The fraction of sp³-hybridized carbons (Fsp3) is 0.429. The van der Waals surface area contributed by atoms with Crippen LogP contribution in [0.3, 0.4) is 0 Å². The summed E-state index contributed by atoms with van der Waals surface area (Å²) in [5.41, 5.74) is 3.46. The number of benzene rings is 2. The van der Waals surface area contributed by atoms with Crippen LogP contribution in [0.4, 0.5) is 0 Å². The molecule has 4 N–H and O–H groups in total. The van der Waals surface area contributed by atoms with Crippen molar-refractivity contribution in [3.63, 3.8) is 0 Å². The predicted molar refractivity (Wildman–Crippen MR) is 102 cm³/mol. The quantitative estimate of drug-likeness (QED) is 0.580. The Bertz CT molecular complexity index is 956. The van der Waals surface area contributed by atoms with Gasteiger partial charge in [0, 0.05) is 17.0 Å². The largest absolute Gasteiger partial charge is 0.493 e. The topological polar surface area (TPSA) is 109 Å². The number of aliphatic hydroxyl groups is 4. The number of hydrogen-bond acceptors (Lipinski definition) is 7. The van der Waals surface area contributed by atoms with Crippen LogP contribution in [0.2, 0.25) is 5.02 Å². The zero-order chi connectivity index (χ0) is 20.4. The van der Waals surface area contributed by atoms with Crippen LogP contribution in [0, 0.1) is 0 Å². The Morgan fingerprint density at radius 1 is 1.03 bits per heavy atom. The van der Waals surface area contributed by atoms with Crippen LogP contribution in [-0.4, -0.2) is 57.7 Å². The van der Waals surface area contributed by atoms with E-state index in [0.29, 0.717) is 23.6 Å². The second kappa shape index (κ2) is 6.65. The molecule has 7 nitrogen and oxygen atoms in total. The number of fused-ring (bicyclic) bond motifs is 3. The van der Waals surface area contributed by atoms with Crippen molar-refractivity contribution in [2.75, 3.05) is 13.2 Å². The van der Waals surface area contributed by atoms with E-state index in [2.05, 4.69) is 6.07 Å². The highest BCUT2D eigenvalue weighted by atomic mass is 35.5. The van der Waals surface area contributed by atoms with Crippen molar-refractivity contribution < 1.29 is 34.6 Å². The SMILES string of the molecule is OCC12OC(c3ccc(Cl)c(Cc4ccc5c(c4)CCO5)c3)(O1)[C@H](O)[C@@H](O)[C@@H]2O.